The van der Waals surface area contributed by atoms with Gasteiger partial charge in [-0.2, -0.15) is 0 Å². The summed E-state index contributed by atoms with van der Waals surface area (Å²) >= 11 is 0. The van der Waals surface area contributed by atoms with Gasteiger partial charge in [0, 0.05) is 24.4 Å². The average molecular weight is 273 g/mol. The zero-order chi connectivity index (χ0) is 14.8. The maximum Gasteiger partial charge on any atom is 0.241 e. The Labute approximate surface area is 117 Å². The van der Waals surface area contributed by atoms with Crippen molar-refractivity contribution in [1.29, 1.82) is 0 Å². The third-order valence-electron chi connectivity index (χ3n) is 2.64. The molecular formula is C14H19N5O. The number of nitrogens with zero attached hydrogens (tertiary/aromatic N) is 2. The minimum Gasteiger partial charge on any atom is -0.368 e. The number of anilines is 1. The number of rotatable bonds is 4. The second-order valence-corrected chi connectivity index (χ2v) is 5.85. The first-order valence-corrected chi connectivity index (χ1v) is 6.41. The van der Waals surface area contributed by atoms with Gasteiger partial charge in [-0.1, -0.05) is 20.8 Å². The predicted molar refractivity (Wildman–Crippen MR) is 80.1 cm³/mol. The van der Waals surface area contributed by atoms with E-state index in [9.17, 15) is 4.79 Å². The van der Waals surface area contributed by atoms with E-state index < -0.39 is 5.91 Å². The molecule has 0 aliphatic carbocycles. The molecule has 0 radical (unpaired) electrons. The first-order chi connectivity index (χ1) is 9.35. The molecule has 0 atom stereocenters. The lowest BCUT2D eigenvalue weighted by Gasteiger charge is -2.18. The van der Waals surface area contributed by atoms with E-state index in [-0.39, 0.29) is 5.41 Å². The number of carbonyl (C=O) groups excluding carboxylic acids is 1. The van der Waals surface area contributed by atoms with Crippen molar-refractivity contribution in [3.63, 3.8) is 0 Å². The van der Waals surface area contributed by atoms with Crippen LogP contribution < -0.4 is 11.1 Å². The maximum atomic E-state index is 10.8. The highest BCUT2D eigenvalue weighted by Gasteiger charge is 2.11. The lowest BCUT2D eigenvalue weighted by atomic mass is 9.97. The van der Waals surface area contributed by atoms with Crippen molar-refractivity contribution < 1.29 is 4.79 Å². The summed E-state index contributed by atoms with van der Waals surface area (Å²) in [5.41, 5.74) is 7.42. The SMILES string of the molecule is CC(C)(C)CNc1cnc2[nH]cc(C=CC(N)=O)c2n1. The van der Waals surface area contributed by atoms with Gasteiger partial charge in [-0.05, 0) is 11.5 Å². The topological polar surface area (TPSA) is 96.7 Å². The zero-order valence-corrected chi connectivity index (χ0v) is 11.9. The van der Waals surface area contributed by atoms with Crippen LogP contribution in [0.4, 0.5) is 5.82 Å². The summed E-state index contributed by atoms with van der Waals surface area (Å²) in [6.07, 6.45) is 6.37. The Morgan fingerprint density at radius 2 is 2.25 bits per heavy atom. The third kappa shape index (κ3) is 3.57. The van der Waals surface area contributed by atoms with Crippen LogP contribution in [0.25, 0.3) is 17.2 Å². The number of nitrogens with two attached hydrogens (primary N) is 1. The first kappa shape index (κ1) is 14.0. The van der Waals surface area contributed by atoms with Crippen molar-refractivity contribution in [2.24, 2.45) is 11.1 Å². The van der Waals surface area contributed by atoms with E-state index in [2.05, 4.69) is 41.0 Å². The molecule has 0 aliphatic rings. The van der Waals surface area contributed by atoms with Crippen molar-refractivity contribution in [3.05, 3.63) is 24.0 Å². The quantitative estimate of drug-likeness (QED) is 0.741. The van der Waals surface area contributed by atoms with Crippen LogP contribution in [0.5, 0.6) is 0 Å². The number of aromatic amines is 1. The van der Waals surface area contributed by atoms with Gasteiger partial charge in [-0.3, -0.25) is 4.79 Å². The Morgan fingerprint density at radius 1 is 1.50 bits per heavy atom. The maximum absolute atomic E-state index is 10.8. The minimum atomic E-state index is -0.491. The Kier molecular flexibility index (Phi) is 3.74. The fourth-order valence-corrected chi connectivity index (χ4v) is 1.65. The van der Waals surface area contributed by atoms with Gasteiger partial charge >= 0.3 is 0 Å². The van der Waals surface area contributed by atoms with Crippen LogP contribution >= 0.6 is 0 Å². The van der Waals surface area contributed by atoms with Crippen molar-refractivity contribution in [2.75, 3.05) is 11.9 Å². The van der Waals surface area contributed by atoms with Crippen LogP contribution in [0.1, 0.15) is 26.3 Å². The lowest BCUT2D eigenvalue weighted by Crippen LogP contribution is -2.19. The monoisotopic (exact) mass is 273 g/mol. The van der Waals surface area contributed by atoms with Crippen molar-refractivity contribution in [1.82, 2.24) is 15.0 Å². The number of hydrogen-bond acceptors (Lipinski definition) is 4. The Hall–Kier alpha value is -2.37. The fourth-order valence-electron chi connectivity index (χ4n) is 1.65. The Morgan fingerprint density at radius 3 is 2.90 bits per heavy atom. The molecule has 0 aromatic carbocycles. The van der Waals surface area contributed by atoms with E-state index in [1.807, 2.05) is 0 Å². The molecule has 0 saturated carbocycles. The molecule has 0 spiro atoms. The summed E-state index contributed by atoms with van der Waals surface area (Å²) < 4.78 is 0. The molecule has 1 amide bonds. The van der Waals surface area contributed by atoms with Crippen LogP contribution in [-0.4, -0.2) is 27.4 Å². The summed E-state index contributed by atoms with van der Waals surface area (Å²) in [5, 5.41) is 3.26. The van der Waals surface area contributed by atoms with Gasteiger partial charge in [0.25, 0.3) is 0 Å². The van der Waals surface area contributed by atoms with Crippen molar-refractivity contribution >= 4 is 29.0 Å². The summed E-state index contributed by atoms with van der Waals surface area (Å²) in [5.74, 6) is 0.218. The number of hydrogen-bond donors (Lipinski definition) is 3. The number of primary amides is 1. The second-order valence-electron chi connectivity index (χ2n) is 5.85. The smallest absolute Gasteiger partial charge is 0.241 e. The number of carbonyl (C=O) groups is 1. The Balaban J connectivity index is 2.27. The largest absolute Gasteiger partial charge is 0.368 e. The highest BCUT2D eigenvalue weighted by atomic mass is 16.1. The number of aromatic nitrogens is 3. The highest BCUT2D eigenvalue weighted by Crippen LogP contribution is 2.19. The second kappa shape index (κ2) is 5.32. The number of amides is 1. The number of H-pyrrole nitrogens is 1. The molecule has 0 fully saturated rings. The molecule has 0 saturated heterocycles. The standard InChI is InChI=1S/C14H19N5O/c1-14(2,3)8-18-11-7-17-13-12(19-11)9(6-16-13)4-5-10(15)20/h4-7H,8H2,1-3H3,(H2,15,20)(H,16,17)(H,18,19). The molecule has 0 unspecified atom stereocenters. The van der Waals surface area contributed by atoms with Gasteiger partial charge in [0.05, 0.1) is 6.20 Å². The van der Waals surface area contributed by atoms with Crippen LogP contribution in [0, 0.1) is 5.41 Å². The zero-order valence-electron chi connectivity index (χ0n) is 11.9. The molecule has 6 heteroatoms. The minimum absolute atomic E-state index is 0.156. The molecule has 2 heterocycles. The fraction of sp³-hybridized carbons (Fsp3) is 0.357. The van der Waals surface area contributed by atoms with Gasteiger partial charge in [0.1, 0.15) is 11.3 Å². The van der Waals surface area contributed by atoms with Gasteiger partial charge in [-0.15, -0.1) is 0 Å². The van der Waals surface area contributed by atoms with Crippen LogP contribution in [-0.2, 0) is 4.79 Å². The van der Waals surface area contributed by atoms with Gasteiger partial charge in [0.15, 0.2) is 5.65 Å². The number of nitrogens with one attached hydrogen (secondary N) is 2. The summed E-state index contributed by atoms with van der Waals surface area (Å²) in [7, 11) is 0. The Bertz CT molecular complexity index is 651. The van der Waals surface area contributed by atoms with Crippen LogP contribution in [0.15, 0.2) is 18.5 Å². The van der Waals surface area contributed by atoms with E-state index in [0.29, 0.717) is 17.0 Å². The summed E-state index contributed by atoms with van der Waals surface area (Å²) in [4.78, 5) is 22.6. The molecule has 106 valence electrons. The van der Waals surface area contributed by atoms with E-state index in [0.717, 1.165) is 12.1 Å². The average Bonchev–Trinajstić information content (AvgIpc) is 2.75. The predicted octanol–water partition coefficient (Wildman–Crippen LogP) is 1.91. The van der Waals surface area contributed by atoms with Gasteiger partial charge in [-0.25, -0.2) is 9.97 Å². The molecule has 6 nitrogen and oxygen atoms in total. The van der Waals surface area contributed by atoms with E-state index in [1.165, 1.54) is 6.08 Å². The van der Waals surface area contributed by atoms with Crippen molar-refractivity contribution in [3.8, 4) is 0 Å². The highest BCUT2D eigenvalue weighted by molar-refractivity contribution is 5.93. The molecule has 20 heavy (non-hydrogen) atoms. The summed E-state index contributed by atoms with van der Waals surface area (Å²) in [6.45, 7) is 7.22. The molecule has 2 aromatic rings. The molecule has 2 rings (SSSR count). The number of fused-ring (bicyclic) bond motifs is 1. The molecule has 4 N–H and O–H groups in total. The first-order valence-electron chi connectivity index (χ1n) is 6.41. The van der Waals surface area contributed by atoms with Crippen LogP contribution in [0.2, 0.25) is 0 Å². The van der Waals surface area contributed by atoms with Crippen molar-refractivity contribution in [2.45, 2.75) is 20.8 Å². The lowest BCUT2D eigenvalue weighted by molar-refractivity contribution is -0.113. The van der Waals surface area contributed by atoms with Crippen LogP contribution in [0.3, 0.4) is 0 Å². The van der Waals surface area contributed by atoms with Gasteiger partial charge in [0.2, 0.25) is 5.91 Å². The van der Waals surface area contributed by atoms with E-state index in [1.54, 1.807) is 18.5 Å². The normalized spacial score (nSPS) is 12.2. The van der Waals surface area contributed by atoms with E-state index in [4.69, 9.17) is 5.73 Å². The van der Waals surface area contributed by atoms with E-state index >= 15 is 0 Å². The molecule has 0 aliphatic heterocycles. The summed E-state index contributed by atoms with van der Waals surface area (Å²) in [6, 6.07) is 0. The van der Waals surface area contributed by atoms with Gasteiger partial charge < -0.3 is 16.0 Å². The molecule has 2 aromatic heterocycles. The molecular weight excluding hydrogens is 254 g/mol. The third-order valence-corrected chi connectivity index (χ3v) is 2.64. The molecule has 0 bridgehead atoms.